The summed E-state index contributed by atoms with van der Waals surface area (Å²) in [4.78, 5) is 11.0. The van der Waals surface area contributed by atoms with Gasteiger partial charge in [-0.25, -0.2) is 13.1 Å². The molecule has 0 heterocycles. The minimum Gasteiger partial charge on any atom is -0.548 e. The molecule has 106 valence electrons. The van der Waals surface area contributed by atoms with E-state index in [1.54, 1.807) is 12.1 Å². The Morgan fingerprint density at radius 3 is 2.37 bits per heavy atom. The molecule has 0 saturated carbocycles. The SMILES string of the molecule is CCCCC(NS(=O)(=O)c1ccc(C)cc1)C(=O)[O-]. The maximum Gasteiger partial charge on any atom is 0.241 e. The van der Waals surface area contributed by atoms with E-state index >= 15 is 0 Å². The number of aliphatic carboxylic acids is 1. The van der Waals surface area contributed by atoms with Crippen molar-refractivity contribution in [3.8, 4) is 0 Å². The van der Waals surface area contributed by atoms with Gasteiger partial charge in [-0.3, -0.25) is 0 Å². The van der Waals surface area contributed by atoms with Crippen LogP contribution >= 0.6 is 0 Å². The molecule has 0 aliphatic heterocycles. The lowest BCUT2D eigenvalue weighted by Gasteiger charge is -2.19. The van der Waals surface area contributed by atoms with Crippen molar-refractivity contribution in [2.45, 2.75) is 44.0 Å². The van der Waals surface area contributed by atoms with Crippen LogP contribution in [0.3, 0.4) is 0 Å². The van der Waals surface area contributed by atoms with Crippen molar-refractivity contribution in [2.24, 2.45) is 0 Å². The minimum absolute atomic E-state index is 0.0563. The van der Waals surface area contributed by atoms with E-state index in [0.717, 1.165) is 12.0 Å². The molecule has 0 bridgehead atoms. The normalized spacial score (nSPS) is 13.2. The number of nitrogens with one attached hydrogen (secondary N) is 1. The number of sulfonamides is 1. The fourth-order valence-corrected chi connectivity index (χ4v) is 2.82. The fraction of sp³-hybridized carbons (Fsp3) is 0.462. The summed E-state index contributed by atoms with van der Waals surface area (Å²) < 4.78 is 26.2. The molecule has 1 rings (SSSR count). The second kappa shape index (κ2) is 6.68. The fourth-order valence-electron chi connectivity index (χ4n) is 1.61. The van der Waals surface area contributed by atoms with Crippen LogP contribution < -0.4 is 9.83 Å². The largest absolute Gasteiger partial charge is 0.548 e. The monoisotopic (exact) mass is 284 g/mol. The topological polar surface area (TPSA) is 86.3 Å². The highest BCUT2D eigenvalue weighted by molar-refractivity contribution is 7.89. The van der Waals surface area contributed by atoms with E-state index in [-0.39, 0.29) is 11.3 Å². The maximum atomic E-state index is 12.0. The zero-order chi connectivity index (χ0) is 14.5. The van der Waals surface area contributed by atoms with Crippen molar-refractivity contribution in [1.82, 2.24) is 4.72 Å². The molecule has 1 aromatic carbocycles. The molecule has 6 heteroatoms. The molecular weight excluding hydrogens is 266 g/mol. The highest BCUT2D eigenvalue weighted by Gasteiger charge is 2.20. The summed E-state index contributed by atoms with van der Waals surface area (Å²) in [6.07, 6.45) is 1.63. The predicted octanol–water partition coefficient (Wildman–Crippen LogP) is 0.582. The zero-order valence-electron chi connectivity index (χ0n) is 11.0. The van der Waals surface area contributed by atoms with Gasteiger partial charge in [0.05, 0.1) is 16.9 Å². The molecule has 19 heavy (non-hydrogen) atoms. The molecule has 1 aromatic rings. The number of aryl methyl sites for hydroxylation is 1. The van der Waals surface area contributed by atoms with Crippen LogP contribution in [-0.4, -0.2) is 20.4 Å². The molecule has 1 N–H and O–H groups in total. The van der Waals surface area contributed by atoms with E-state index < -0.39 is 22.0 Å². The van der Waals surface area contributed by atoms with Gasteiger partial charge in [0.2, 0.25) is 10.0 Å². The molecule has 0 saturated heterocycles. The van der Waals surface area contributed by atoms with Gasteiger partial charge in [0.1, 0.15) is 0 Å². The molecule has 1 atom stereocenters. The third-order valence-electron chi connectivity index (χ3n) is 2.76. The third-order valence-corrected chi connectivity index (χ3v) is 4.25. The molecule has 0 radical (unpaired) electrons. The lowest BCUT2D eigenvalue weighted by atomic mass is 10.1. The van der Waals surface area contributed by atoms with E-state index in [9.17, 15) is 18.3 Å². The molecule has 1 unspecified atom stereocenters. The number of benzene rings is 1. The van der Waals surface area contributed by atoms with Gasteiger partial charge in [-0.15, -0.1) is 0 Å². The molecule has 5 nitrogen and oxygen atoms in total. The van der Waals surface area contributed by atoms with Crippen molar-refractivity contribution >= 4 is 16.0 Å². The lowest BCUT2D eigenvalue weighted by molar-refractivity contribution is -0.308. The van der Waals surface area contributed by atoms with E-state index in [1.165, 1.54) is 12.1 Å². The van der Waals surface area contributed by atoms with Gasteiger partial charge >= 0.3 is 0 Å². The first kappa shape index (κ1) is 15.7. The predicted molar refractivity (Wildman–Crippen MR) is 69.8 cm³/mol. The standard InChI is InChI=1S/C13H19NO4S/c1-3-4-5-12(13(15)16)14-19(17,18)11-8-6-10(2)7-9-11/h6-9,12,14H,3-5H2,1-2H3,(H,15,16)/p-1. The average molecular weight is 284 g/mol. The van der Waals surface area contributed by atoms with Crippen molar-refractivity contribution in [1.29, 1.82) is 0 Å². The minimum atomic E-state index is -3.82. The number of carboxylic acids is 1. The second-order valence-electron chi connectivity index (χ2n) is 4.45. The first-order valence-electron chi connectivity index (χ1n) is 6.16. The third kappa shape index (κ3) is 4.65. The van der Waals surface area contributed by atoms with Crippen molar-refractivity contribution in [3.63, 3.8) is 0 Å². The Labute approximate surface area is 113 Å². The van der Waals surface area contributed by atoms with Crippen LogP contribution in [0.4, 0.5) is 0 Å². The summed E-state index contributed by atoms with van der Waals surface area (Å²) >= 11 is 0. The van der Waals surface area contributed by atoms with Crippen LogP contribution in [-0.2, 0) is 14.8 Å². The average Bonchev–Trinajstić information content (AvgIpc) is 2.34. The second-order valence-corrected chi connectivity index (χ2v) is 6.16. The van der Waals surface area contributed by atoms with Crippen LogP contribution in [0, 0.1) is 6.92 Å². The maximum absolute atomic E-state index is 12.0. The Kier molecular flexibility index (Phi) is 5.50. The number of carbonyl (C=O) groups excluding carboxylic acids is 1. The van der Waals surface area contributed by atoms with Gasteiger partial charge in [0, 0.05) is 0 Å². The Balaban J connectivity index is 2.87. The van der Waals surface area contributed by atoms with Gasteiger partial charge in [-0.05, 0) is 25.5 Å². The number of hydrogen-bond acceptors (Lipinski definition) is 4. The summed E-state index contributed by atoms with van der Waals surface area (Å²) in [5, 5.41) is 10.9. The van der Waals surface area contributed by atoms with Crippen molar-refractivity contribution in [2.75, 3.05) is 0 Å². The molecule has 0 aromatic heterocycles. The van der Waals surface area contributed by atoms with Gasteiger partial charge in [0.15, 0.2) is 0 Å². The molecular formula is C13H18NO4S-. The van der Waals surface area contributed by atoms with Crippen molar-refractivity contribution < 1.29 is 18.3 Å². The van der Waals surface area contributed by atoms with Crippen LogP contribution in [0.2, 0.25) is 0 Å². The van der Waals surface area contributed by atoms with E-state index in [1.807, 2.05) is 13.8 Å². The highest BCUT2D eigenvalue weighted by Crippen LogP contribution is 2.12. The Morgan fingerprint density at radius 1 is 1.32 bits per heavy atom. The highest BCUT2D eigenvalue weighted by atomic mass is 32.2. The zero-order valence-corrected chi connectivity index (χ0v) is 11.9. The summed E-state index contributed by atoms with van der Waals surface area (Å²) in [6.45, 7) is 3.75. The van der Waals surface area contributed by atoms with Crippen LogP contribution in [0.5, 0.6) is 0 Å². The van der Waals surface area contributed by atoms with Crippen LogP contribution in [0.15, 0.2) is 29.2 Å². The number of hydrogen-bond donors (Lipinski definition) is 1. The number of carboxylic acid groups (broad SMARTS) is 1. The van der Waals surface area contributed by atoms with E-state index in [0.29, 0.717) is 6.42 Å². The van der Waals surface area contributed by atoms with E-state index in [4.69, 9.17) is 0 Å². The van der Waals surface area contributed by atoms with Gasteiger partial charge < -0.3 is 9.90 Å². The summed E-state index contributed by atoms with van der Waals surface area (Å²) in [6, 6.07) is 5.03. The first-order chi connectivity index (χ1) is 8.86. The molecule has 0 aliphatic carbocycles. The summed E-state index contributed by atoms with van der Waals surface area (Å²) in [7, 11) is -3.82. The number of rotatable bonds is 7. The summed E-state index contributed by atoms with van der Waals surface area (Å²) in [5.41, 5.74) is 0.932. The number of carbonyl (C=O) groups is 1. The van der Waals surface area contributed by atoms with Gasteiger partial charge in [-0.2, -0.15) is 0 Å². The van der Waals surface area contributed by atoms with Gasteiger partial charge in [0.25, 0.3) is 0 Å². The molecule has 0 aliphatic rings. The van der Waals surface area contributed by atoms with Crippen molar-refractivity contribution in [3.05, 3.63) is 29.8 Å². The number of unbranched alkanes of at least 4 members (excludes halogenated alkanes) is 1. The molecule has 0 fully saturated rings. The van der Waals surface area contributed by atoms with Gasteiger partial charge in [-0.1, -0.05) is 37.5 Å². The Hall–Kier alpha value is -1.40. The van der Waals surface area contributed by atoms with Crippen LogP contribution in [0.25, 0.3) is 0 Å². The molecule has 0 spiro atoms. The quantitative estimate of drug-likeness (QED) is 0.793. The van der Waals surface area contributed by atoms with Crippen LogP contribution in [0.1, 0.15) is 31.7 Å². The Bertz CT molecular complexity index is 522. The summed E-state index contributed by atoms with van der Waals surface area (Å²) in [5.74, 6) is -1.40. The van der Waals surface area contributed by atoms with E-state index in [2.05, 4.69) is 4.72 Å². The first-order valence-corrected chi connectivity index (χ1v) is 7.65. The molecule has 0 amide bonds. The Morgan fingerprint density at radius 2 is 1.89 bits per heavy atom. The lowest BCUT2D eigenvalue weighted by Crippen LogP contribution is -2.47. The smallest absolute Gasteiger partial charge is 0.241 e.